The zero-order valence-corrected chi connectivity index (χ0v) is 21.3. The number of hydrogen-bond donors (Lipinski definition) is 2. The average molecular weight is 536 g/mol. The number of nitrogens with one attached hydrogen (secondary N) is 2. The van der Waals surface area contributed by atoms with Crippen molar-refractivity contribution in [2.24, 2.45) is 0 Å². The molecular weight excluding hydrogens is 514 g/mol. The van der Waals surface area contributed by atoms with Gasteiger partial charge in [0.2, 0.25) is 0 Å². The van der Waals surface area contributed by atoms with Crippen molar-refractivity contribution in [3.8, 4) is 5.75 Å². The highest BCUT2D eigenvalue weighted by molar-refractivity contribution is 8.19. The number of rotatable bonds is 8. The summed E-state index contributed by atoms with van der Waals surface area (Å²) >= 11 is 6.88. The number of halogens is 1. The molecule has 4 rings (SSSR count). The normalized spacial score (nSPS) is 14.1. The smallest absolute Gasteiger partial charge is 0.338 e. The molecule has 3 aromatic rings. The molecule has 1 fully saturated rings. The van der Waals surface area contributed by atoms with Crippen LogP contribution in [0, 0.1) is 5.41 Å². The van der Waals surface area contributed by atoms with Crippen molar-refractivity contribution in [3.63, 3.8) is 0 Å². The van der Waals surface area contributed by atoms with E-state index in [9.17, 15) is 14.4 Å². The molecule has 8 nitrogen and oxygen atoms in total. The van der Waals surface area contributed by atoms with Crippen LogP contribution in [0.5, 0.6) is 5.75 Å². The van der Waals surface area contributed by atoms with E-state index >= 15 is 0 Å². The number of anilines is 2. The van der Waals surface area contributed by atoms with Crippen LogP contribution in [0.1, 0.15) is 22.8 Å². The summed E-state index contributed by atoms with van der Waals surface area (Å²) in [6, 6.07) is 20.0. The number of thioether (sulfide) groups is 1. The summed E-state index contributed by atoms with van der Waals surface area (Å²) in [5, 5.41) is 11.6. The minimum atomic E-state index is -0.453. The number of para-hydroxylation sites is 1. The molecule has 1 aliphatic rings. The van der Waals surface area contributed by atoms with Crippen LogP contribution < -0.4 is 15.0 Å². The fourth-order valence-corrected chi connectivity index (χ4v) is 4.41. The van der Waals surface area contributed by atoms with Crippen LogP contribution in [0.25, 0.3) is 6.08 Å². The van der Waals surface area contributed by atoms with Gasteiger partial charge in [0.1, 0.15) is 5.75 Å². The first kappa shape index (κ1) is 26.0. The molecule has 1 aliphatic heterocycles. The fourth-order valence-electron chi connectivity index (χ4n) is 3.43. The molecule has 0 aromatic heterocycles. The Kier molecular flexibility index (Phi) is 8.27. The number of ether oxygens (including phenoxy) is 2. The minimum Gasteiger partial charge on any atom is -0.483 e. The lowest BCUT2D eigenvalue weighted by atomic mass is 10.1. The van der Waals surface area contributed by atoms with Gasteiger partial charge in [0.25, 0.3) is 11.8 Å². The first-order valence-corrected chi connectivity index (χ1v) is 12.4. The van der Waals surface area contributed by atoms with Crippen molar-refractivity contribution in [3.05, 3.63) is 93.9 Å². The molecule has 0 saturated carbocycles. The quantitative estimate of drug-likeness (QED) is 0.287. The average Bonchev–Trinajstić information content (AvgIpc) is 3.17. The Morgan fingerprint density at radius 1 is 1.05 bits per heavy atom. The summed E-state index contributed by atoms with van der Waals surface area (Å²) in [5.74, 6) is -0.770. The van der Waals surface area contributed by atoms with Gasteiger partial charge >= 0.3 is 5.97 Å². The summed E-state index contributed by atoms with van der Waals surface area (Å²) < 4.78 is 10.7. The summed E-state index contributed by atoms with van der Waals surface area (Å²) in [6.07, 6.45) is 1.63. The zero-order valence-electron chi connectivity index (χ0n) is 19.7. The molecule has 1 saturated heterocycles. The molecule has 0 atom stereocenters. The lowest BCUT2D eigenvalue weighted by Gasteiger charge is -2.14. The predicted octanol–water partition coefficient (Wildman–Crippen LogP) is 5.59. The van der Waals surface area contributed by atoms with Crippen molar-refractivity contribution in [2.45, 2.75) is 6.92 Å². The van der Waals surface area contributed by atoms with Crippen molar-refractivity contribution >= 4 is 63.8 Å². The molecule has 0 bridgehead atoms. The van der Waals surface area contributed by atoms with Gasteiger partial charge in [-0.2, -0.15) is 0 Å². The topological polar surface area (TPSA) is 109 Å². The third-order valence-electron chi connectivity index (χ3n) is 5.15. The first-order chi connectivity index (χ1) is 17.9. The number of carbonyl (C=O) groups is 3. The van der Waals surface area contributed by atoms with Gasteiger partial charge in [0, 0.05) is 16.3 Å². The van der Waals surface area contributed by atoms with E-state index in [1.54, 1.807) is 85.8 Å². The third-order valence-corrected chi connectivity index (χ3v) is 6.29. The highest BCUT2D eigenvalue weighted by Gasteiger charge is 2.33. The maximum absolute atomic E-state index is 13.1. The van der Waals surface area contributed by atoms with E-state index in [4.69, 9.17) is 26.5 Å². The van der Waals surface area contributed by atoms with Gasteiger partial charge in [-0.25, -0.2) is 4.79 Å². The van der Waals surface area contributed by atoms with Crippen LogP contribution in [-0.2, 0) is 14.3 Å². The summed E-state index contributed by atoms with van der Waals surface area (Å²) in [4.78, 5) is 38.9. The fraction of sp³-hybridized carbons (Fsp3) is 0.111. The van der Waals surface area contributed by atoms with Crippen LogP contribution in [0.4, 0.5) is 11.4 Å². The van der Waals surface area contributed by atoms with E-state index in [2.05, 4.69) is 5.32 Å². The number of amidine groups is 1. The maximum Gasteiger partial charge on any atom is 0.338 e. The van der Waals surface area contributed by atoms with Gasteiger partial charge in [0.05, 0.1) is 22.8 Å². The second-order valence-corrected chi connectivity index (χ2v) is 9.17. The van der Waals surface area contributed by atoms with Gasteiger partial charge in [-0.3, -0.25) is 19.9 Å². The second kappa shape index (κ2) is 11.8. The maximum atomic E-state index is 13.1. The minimum absolute atomic E-state index is 0.0286. The summed E-state index contributed by atoms with van der Waals surface area (Å²) in [6.45, 7) is 1.75. The Bertz CT molecular complexity index is 1370. The van der Waals surface area contributed by atoms with Crippen LogP contribution in [0.2, 0.25) is 5.02 Å². The number of amides is 2. The first-order valence-electron chi connectivity index (χ1n) is 11.2. The Morgan fingerprint density at radius 3 is 2.46 bits per heavy atom. The van der Waals surface area contributed by atoms with Gasteiger partial charge in [-0.15, -0.1) is 0 Å². The molecule has 188 valence electrons. The predicted molar refractivity (Wildman–Crippen MR) is 145 cm³/mol. The van der Waals surface area contributed by atoms with Gasteiger partial charge in [-0.1, -0.05) is 29.8 Å². The van der Waals surface area contributed by atoms with Crippen molar-refractivity contribution in [2.75, 3.05) is 23.4 Å². The van der Waals surface area contributed by atoms with E-state index in [-0.39, 0.29) is 30.2 Å². The van der Waals surface area contributed by atoms with Crippen molar-refractivity contribution in [1.82, 2.24) is 0 Å². The molecule has 0 spiro atoms. The van der Waals surface area contributed by atoms with E-state index < -0.39 is 5.97 Å². The Labute approximate surface area is 222 Å². The number of carbonyl (C=O) groups excluding carboxylic acids is 3. The molecule has 0 radical (unpaired) electrons. The Hall–Kier alpha value is -4.08. The van der Waals surface area contributed by atoms with Crippen molar-refractivity contribution in [1.29, 1.82) is 5.41 Å². The highest BCUT2D eigenvalue weighted by Crippen LogP contribution is 2.36. The zero-order chi connectivity index (χ0) is 26.4. The molecule has 10 heteroatoms. The highest BCUT2D eigenvalue weighted by atomic mass is 35.5. The van der Waals surface area contributed by atoms with Crippen LogP contribution in [-0.4, -0.2) is 36.2 Å². The second-order valence-electron chi connectivity index (χ2n) is 7.71. The third kappa shape index (κ3) is 6.38. The SMILES string of the molecule is CCOC(=O)c1ccc(N2C(=N)S/C(=C\c3ccccc3OCC(=O)Nc3ccc(Cl)cc3)C2=O)cc1. The van der Waals surface area contributed by atoms with Crippen LogP contribution in [0.15, 0.2) is 77.7 Å². The number of esters is 1. The molecule has 37 heavy (non-hydrogen) atoms. The van der Waals surface area contributed by atoms with Crippen molar-refractivity contribution < 1.29 is 23.9 Å². The number of hydrogen-bond acceptors (Lipinski definition) is 7. The Morgan fingerprint density at radius 2 is 1.76 bits per heavy atom. The van der Waals surface area contributed by atoms with Gasteiger partial charge in [0.15, 0.2) is 11.8 Å². The van der Waals surface area contributed by atoms with Crippen LogP contribution >= 0.6 is 23.4 Å². The molecule has 2 N–H and O–H groups in total. The number of nitrogens with zero attached hydrogens (tertiary/aromatic N) is 1. The molecule has 0 unspecified atom stereocenters. The molecule has 3 aromatic carbocycles. The molecule has 1 heterocycles. The van der Waals surface area contributed by atoms with E-state index in [0.29, 0.717) is 38.2 Å². The van der Waals surface area contributed by atoms with Crippen LogP contribution in [0.3, 0.4) is 0 Å². The molecule has 2 amide bonds. The number of benzene rings is 3. The lowest BCUT2D eigenvalue weighted by Crippen LogP contribution is -2.28. The largest absolute Gasteiger partial charge is 0.483 e. The van der Waals surface area contributed by atoms with Gasteiger partial charge in [-0.05, 0) is 79.4 Å². The summed E-state index contributed by atoms with van der Waals surface area (Å²) in [7, 11) is 0. The summed E-state index contributed by atoms with van der Waals surface area (Å²) in [5.41, 5.74) is 2.00. The molecular formula is C27H22ClN3O5S. The molecule has 0 aliphatic carbocycles. The van der Waals surface area contributed by atoms with E-state index in [0.717, 1.165) is 11.8 Å². The van der Waals surface area contributed by atoms with E-state index in [1.165, 1.54) is 4.90 Å². The van der Waals surface area contributed by atoms with E-state index in [1.807, 2.05) is 0 Å². The van der Waals surface area contributed by atoms with Gasteiger partial charge < -0.3 is 14.8 Å². The lowest BCUT2D eigenvalue weighted by molar-refractivity contribution is -0.118. The standard InChI is InChI=1S/C27H22ClN3O5S/c1-2-35-26(34)17-7-13-21(14-8-17)31-25(33)23(37-27(31)29)15-18-5-3-4-6-22(18)36-16-24(32)30-20-11-9-19(28)10-12-20/h3-15,29H,2,16H2,1H3,(H,30,32)/b23-15-,29-27?. The monoisotopic (exact) mass is 535 g/mol. The Balaban J connectivity index is 1.46.